The van der Waals surface area contributed by atoms with E-state index < -0.39 is 16.8 Å². The standard InChI is InChI=1S/C22H23Cl2N3O2/c1-4-12-26(22(29)19(23)24)15(3)20-25-18-11-6-5-10-17(18)21(28)27(20)16-9-7-8-14(2)13-16/h5-11,13,15,19H,4,12H2,1-3H3. The van der Waals surface area contributed by atoms with Crippen LogP contribution in [0.15, 0.2) is 53.3 Å². The minimum Gasteiger partial charge on any atom is -0.330 e. The fourth-order valence-electron chi connectivity index (χ4n) is 3.45. The molecule has 0 bridgehead atoms. The molecule has 0 N–H and O–H groups in total. The average molecular weight is 432 g/mol. The van der Waals surface area contributed by atoms with Crippen molar-refractivity contribution >= 4 is 40.0 Å². The number of rotatable bonds is 6. The van der Waals surface area contributed by atoms with Crippen molar-refractivity contribution in [1.82, 2.24) is 14.5 Å². The lowest BCUT2D eigenvalue weighted by Crippen LogP contribution is -2.40. The van der Waals surface area contributed by atoms with E-state index in [9.17, 15) is 9.59 Å². The first-order valence-electron chi connectivity index (χ1n) is 9.52. The minimum absolute atomic E-state index is 0.180. The Balaban J connectivity index is 2.28. The number of alkyl halides is 2. The summed E-state index contributed by atoms with van der Waals surface area (Å²) >= 11 is 11.8. The molecule has 3 aromatic rings. The van der Waals surface area contributed by atoms with Crippen LogP contribution in [0.5, 0.6) is 0 Å². The molecule has 0 spiro atoms. The lowest BCUT2D eigenvalue weighted by atomic mass is 10.1. The van der Waals surface area contributed by atoms with Crippen molar-refractivity contribution < 1.29 is 4.79 Å². The van der Waals surface area contributed by atoms with Crippen LogP contribution in [0, 0.1) is 6.92 Å². The van der Waals surface area contributed by atoms with Crippen LogP contribution in [0.2, 0.25) is 0 Å². The summed E-state index contributed by atoms with van der Waals surface area (Å²) in [6.07, 6.45) is 0.721. The molecular weight excluding hydrogens is 409 g/mol. The van der Waals surface area contributed by atoms with E-state index in [1.807, 2.05) is 57.2 Å². The van der Waals surface area contributed by atoms with Gasteiger partial charge in [-0.05, 0) is 50.1 Å². The molecule has 1 atom stereocenters. The highest BCUT2D eigenvalue weighted by Crippen LogP contribution is 2.25. The van der Waals surface area contributed by atoms with Gasteiger partial charge in [-0.25, -0.2) is 4.98 Å². The minimum atomic E-state index is -1.18. The van der Waals surface area contributed by atoms with E-state index in [2.05, 4.69) is 0 Å². The third-order valence-electron chi connectivity index (χ3n) is 4.84. The number of hydrogen-bond acceptors (Lipinski definition) is 3. The zero-order valence-corrected chi connectivity index (χ0v) is 18.1. The van der Waals surface area contributed by atoms with Gasteiger partial charge in [0.15, 0.2) is 4.84 Å². The molecule has 1 heterocycles. The van der Waals surface area contributed by atoms with Crippen LogP contribution < -0.4 is 5.56 Å². The molecule has 0 radical (unpaired) electrons. The molecule has 29 heavy (non-hydrogen) atoms. The summed E-state index contributed by atoms with van der Waals surface area (Å²) in [5, 5.41) is 0.519. The van der Waals surface area contributed by atoms with Crippen LogP contribution >= 0.6 is 23.2 Å². The van der Waals surface area contributed by atoms with Gasteiger partial charge in [0.05, 0.1) is 22.6 Å². The van der Waals surface area contributed by atoms with Crippen molar-refractivity contribution in [3.05, 3.63) is 70.3 Å². The summed E-state index contributed by atoms with van der Waals surface area (Å²) in [5.74, 6) is 0.0657. The van der Waals surface area contributed by atoms with Gasteiger partial charge in [-0.3, -0.25) is 14.2 Å². The molecule has 5 nitrogen and oxygen atoms in total. The topological polar surface area (TPSA) is 55.2 Å². The van der Waals surface area contributed by atoms with Crippen LogP contribution in [0.1, 0.15) is 37.7 Å². The van der Waals surface area contributed by atoms with Crippen molar-refractivity contribution in [3.8, 4) is 5.69 Å². The Labute approximate surface area is 179 Å². The molecule has 0 aliphatic rings. The molecule has 1 amide bonds. The molecule has 1 unspecified atom stereocenters. The maximum atomic E-state index is 13.4. The number of aryl methyl sites for hydroxylation is 1. The molecule has 7 heteroatoms. The Morgan fingerprint density at radius 3 is 2.55 bits per heavy atom. The van der Waals surface area contributed by atoms with Crippen molar-refractivity contribution in [2.75, 3.05) is 6.54 Å². The number of halogens is 2. The van der Waals surface area contributed by atoms with Gasteiger partial charge in [0.25, 0.3) is 11.5 Å². The molecule has 0 fully saturated rings. The summed E-state index contributed by atoms with van der Waals surface area (Å²) in [7, 11) is 0. The molecule has 0 saturated carbocycles. The Bertz CT molecular complexity index is 1090. The predicted molar refractivity (Wildman–Crippen MR) is 118 cm³/mol. The number of fused-ring (bicyclic) bond motifs is 1. The van der Waals surface area contributed by atoms with E-state index in [-0.39, 0.29) is 5.56 Å². The lowest BCUT2D eigenvalue weighted by molar-refractivity contribution is -0.131. The van der Waals surface area contributed by atoms with Crippen molar-refractivity contribution in [3.63, 3.8) is 0 Å². The molecule has 1 aromatic heterocycles. The first-order chi connectivity index (χ1) is 13.8. The van der Waals surface area contributed by atoms with Gasteiger partial charge in [-0.15, -0.1) is 0 Å². The highest BCUT2D eigenvalue weighted by Gasteiger charge is 2.29. The van der Waals surface area contributed by atoms with Gasteiger partial charge in [0.1, 0.15) is 5.82 Å². The number of para-hydroxylation sites is 1. The molecule has 0 saturated heterocycles. The van der Waals surface area contributed by atoms with Crippen LogP contribution in [-0.2, 0) is 4.79 Å². The SMILES string of the molecule is CCCN(C(=O)C(Cl)Cl)C(C)c1nc2ccccc2c(=O)n1-c1cccc(C)c1. The first-order valence-corrected chi connectivity index (χ1v) is 10.4. The number of carbonyl (C=O) groups is 1. The highest BCUT2D eigenvalue weighted by molar-refractivity contribution is 6.53. The fourth-order valence-corrected chi connectivity index (χ4v) is 3.70. The van der Waals surface area contributed by atoms with Gasteiger partial charge in [0.2, 0.25) is 0 Å². The summed E-state index contributed by atoms with van der Waals surface area (Å²) in [6.45, 7) is 6.22. The van der Waals surface area contributed by atoms with Crippen LogP contribution in [-0.4, -0.2) is 31.7 Å². The summed E-state index contributed by atoms with van der Waals surface area (Å²) in [5.41, 5.74) is 2.12. The number of aromatic nitrogens is 2. The van der Waals surface area contributed by atoms with Crippen molar-refractivity contribution in [1.29, 1.82) is 0 Å². The molecule has 3 rings (SSSR count). The Morgan fingerprint density at radius 1 is 1.17 bits per heavy atom. The third-order valence-corrected chi connectivity index (χ3v) is 5.21. The van der Waals surface area contributed by atoms with Crippen LogP contribution in [0.25, 0.3) is 16.6 Å². The van der Waals surface area contributed by atoms with Gasteiger partial charge in [-0.2, -0.15) is 0 Å². The molecule has 152 valence electrons. The van der Waals surface area contributed by atoms with E-state index in [4.69, 9.17) is 28.2 Å². The number of carbonyl (C=O) groups excluding carboxylic acids is 1. The quantitative estimate of drug-likeness (QED) is 0.526. The predicted octanol–water partition coefficient (Wildman–Crippen LogP) is 4.80. The fraction of sp³-hybridized carbons (Fsp3) is 0.318. The van der Waals surface area contributed by atoms with E-state index in [1.165, 1.54) is 0 Å². The maximum absolute atomic E-state index is 13.4. The maximum Gasteiger partial charge on any atom is 0.266 e. The molecular formula is C22H23Cl2N3O2. The lowest BCUT2D eigenvalue weighted by Gasteiger charge is -2.30. The van der Waals surface area contributed by atoms with Gasteiger partial charge in [0, 0.05) is 6.54 Å². The Hall–Kier alpha value is -2.37. The summed E-state index contributed by atoms with van der Waals surface area (Å²) in [4.78, 5) is 31.2. The molecule has 0 aliphatic carbocycles. The normalized spacial score (nSPS) is 12.3. The second-order valence-electron chi connectivity index (χ2n) is 6.98. The highest BCUT2D eigenvalue weighted by atomic mass is 35.5. The monoisotopic (exact) mass is 431 g/mol. The van der Waals surface area contributed by atoms with Gasteiger partial charge in [-0.1, -0.05) is 54.4 Å². The first kappa shape index (κ1) is 21.3. The van der Waals surface area contributed by atoms with Gasteiger partial charge >= 0.3 is 0 Å². The van der Waals surface area contributed by atoms with Crippen molar-refractivity contribution in [2.45, 2.75) is 38.1 Å². The van der Waals surface area contributed by atoms with Crippen LogP contribution in [0.3, 0.4) is 0 Å². The van der Waals surface area contributed by atoms with E-state index in [0.29, 0.717) is 29.0 Å². The smallest absolute Gasteiger partial charge is 0.266 e. The second kappa shape index (κ2) is 8.97. The summed E-state index contributed by atoms with van der Waals surface area (Å²) < 4.78 is 1.58. The van der Waals surface area contributed by atoms with E-state index in [0.717, 1.165) is 12.0 Å². The largest absolute Gasteiger partial charge is 0.330 e. The Kier molecular flexibility index (Phi) is 6.60. The zero-order valence-electron chi connectivity index (χ0n) is 16.6. The number of amides is 1. The molecule has 2 aromatic carbocycles. The van der Waals surface area contributed by atoms with E-state index >= 15 is 0 Å². The Morgan fingerprint density at radius 2 is 1.90 bits per heavy atom. The van der Waals surface area contributed by atoms with Crippen LogP contribution in [0.4, 0.5) is 0 Å². The van der Waals surface area contributed by atoms with Crippen molar-refractivity contribution in [2.24, 2.45) is 0 Å². The number of hydrogen-bond donors (Lipinski definition) is 0. The van der Waals surface area contributed by atoms with Gasteiger partial charge < -0.3 is 4.90 Å². The second-order valence-corrected chi connectivity index (χ2v) is 8.07. The van der Waals surface area contributed by atoms with E-state index in [1.54, 1.807) is 21.6 Å². The summed E-state index contributed by atoms with van der Waals surface area (Å²) in [6, 6.07) is 14.3. The zero-order chi connectivity index (χ0) is 21.1. The number of benzene rings is 2. The average Bonchev–Trinajstić information content (AvgIpc) is 2.71. The number of nitrogens with zero attached hydrogens (tertiary/aromatic N) is 3. The third kappa shape index (κ3) is 4.31. The molecule has 0 aliphatic heterocycles.